The Bertz CT molecular complexity index is 472. The number of hydrogen-bond donors (Lipinski definition) is 1. The zero-order valence-corrected chi connectivity index (χ0v) is 11.7. The smallest absolute Gasteiger partial charge is 0.0345 e. The van der Waals surface area contributed by atoms with Crippen molar-refractivity contribution < 1.29 is 0 Å². The number of rotatable bonds is 5. The second-order valence-electron chi connectivity index (χ2n) is 5.08. The maximum absolute atomic E-state index is 3.44. The summed E-state index contributed by atoms with van der Waals surface area (Å²) >= 11 is 1.86. The van der Waals surface area contributed by atoms with Gasteiger partial charge in [0, 0.05) is 10.7 Å². The van der Waals surface area contributed by atoms with E-state index in [0.29, 0.717) is 6.04 Å². The van der Waals surface area contributed by atoms with Gasteiger partial charge in [-0.3, -0.25) is 0 Å². The van der Waals surface area contributed by atoms with Crippen molar-refractivity contribution in [2.45, 2.75) is 32.7 Å². The molecule has 92 valence electrons. The fourth-order valence-corrected chi connectivity index (χ4v) is 3.30. The Balaban J connectivity index is 2.16. The van der Waals surface area contributed by atoms with Gasteiger partial charge in [0.05, 0.1) is 0 Å². The third-order valence-electron chi connectivity index (χ3n) is 3.19. The maximum atomic E-state index is 3.44. The lowest BCUT2D eigenvalue weighted by Crippen LogP contribution is -2.28. The summed E-state index contributed by atoms with van der Waals surface area (Å²) in [6.07, 6.45) is 2.37. The Morgan fingerprint density at radius 1 is 1.24 bits per heavy atom. The Kier molecular flexibility index (Phi) is 4.19. The second-order valence-corrected chi connectivity index (χ2v) is 5.99. The third kappa shape index (κ3) is 3.08. The molecule has 0 amide bonds. The lowest BCUT2D eigenvalue weighted by molar-refractivity contribution is 0.442. The molecule has 1 N–H and O–H groups in total. The summed E-state index contributed by atoms with van der Waals surface area (Å²) in [5, 5.41) is 7.19. The molecule has 0 fully saturated rings. The molecule has 0 bridgehead atoms. The van der Waals surface area contributed by atoms with Crippen LogP contribution in [0.3, 0.4) is 0 Å². The van der Waals surface area contributed by atoms with Crippen molar-refractivity contribution in [2.75, 3.05) is 7.05 Å². The Morgan fingerprint density at radius 3 is 2.71 bits per heavy atom. The van der Waals surface area contributed by atoms with Gasteiger partial charge in [-0.05, 0) is 48.2 Å². The van der Waals surface area contributed by atoms with Crippen LogP contribution in [-0.2, 0) is 6.42 Å². The number of thiophene rings is 1. The number of likely N-dealkylation sites (N-methyl/N-ethyl adjacent to an activating group) is 1. The second kappa shape index (κ2) is 5.65. The molecular weight excluding hydrogens is 226 g/mol. The zero-order valence-electron chi connectivity index (χ0n) is 10.9. The first-order valence-electron chi connectivity index (χ1n) is 6.33. The van der Waals surface area contributed by atoms with Crippen molar-refractivity contribution in [1.82, 2.24) is 5.32 Å². The number of hydrogen-bond acceptors (Lipinski definition) is 2. The first kappa shape index (κ1) is 12.6. The van der Waals surface area contributed by atoms with E-state index in [0.717, 1.165) is 12.3 Å². The molecule has 1 aromatic carbocycles. The third-order valence-corrected chi connectivity index (χ3v) is 4.20. The lowest BCUT2D eigenvalue weighted by atomic mass is 9.97. The molecule has 2 heteroatoms. The van der Waals surface area contributed by atoms with Crippen LogP contribution in [0, 0.1) is 5.92 Å². The molecule has 1 unspecified atom stereocenters. The van der Waals surface area contributed by atoms with Gasteiger partial charge in [0.1, 0.15) is 0 Å². The van der Waals surface area contributed by atoms with Crippen molar-refractivity contribution >= 4 is 21.4 Å². The monoisotopic (exact) mass is 247 g/mol. The SMILES string of the molecule is CNC(Cc1csc2ccccc12)CC(C)C. The predicted molar refractivity (Wildman–Crippen MR) is 77.8 cm³/mol. The molecular formula is C15H21NS. The van der Waals surface area contributed by atoms with Gasteiger partial charge in [-0.1, -0.05) is 32.0 Å². The minimum absolute atomic E-state index is 0.591. The Hall–Kier alpha value is -0.860. The molecule has 0 spiro atoms. The molecule has 1 heterocycles. The Morgan fingerprint density at radius 2 is 2.00 bits per heavy atom. The number of fused-ring (bicyclic) bond motifs is 1. The fraction of sp³-hybridized carbons (Fsp3) is 0.467. The molecule has 2 aromatic rings. The molecule has 0 radical (unpaired) electrons. The summed E-state index contributed by atoms with van der Waals surface area (Å²) in [7, 11) is 2.07. The molecule has 0 saturated carbocycles. The highest BCUT2D eigenvalue weighted by atomic mass is 32.1. The largest absolute Gasteiger partial charge is 0.317 e. The van der Waals surface area contributed by atoms with E-state index < -0.39 is 0 Å². The van der Waals surface area contributed by atoms with Gasteiger partial charge in [-0.15, -0.1) is 11.3 Å². The molecule has 1 atom stereocenters. The van der Waals surface area contributed by atoms with Crippen molar-refractivity contribution in [3.8, 4) is 0 Å². The molecule has 1 aromatic heterocycles. The molecule has 17 heavy (non-hydrogen) atoms. The van der Waals surface area contributed by atoms with Crippen LogP contribution in [0.1, 0.15) is 25.8 Å². The van der Waals surface area contributed by atoms with E-state index in [9.17, 15) is 0 Å². The van der Waals surface area contributed by atoms with E-state index in [1.807, 2.05) is 11.3 Å². The lowest BCUT2D eigenvalue weighted by Gasteiger charge is -2.17. The van der Waals surface area contributed by atoms with Crippen LogP contribution in [0.5, 0.6) is 0 Å². The van der Waals surface area contributed by atoms with Gasteiger partial charge in [-0.2, -0.15) is 0 Å². The van der Waals surface area contributed by atoms with Crippen LogP contribution >= 0.6 is 11.3 Å². The molecule has 0 aliphatic carbocycles. The summed E-state index contributed by atoms with van der Waals surface area (Å²) in [5.41, 5.74) is 1.49. The standard InChI is InChI=1S/C15H21NS/c1-11(2)8-13(16-3)9-12-10-17-15-7-5-4-6-14(12)15/h4-7,10-11,13,16H,8-9H2,1-3H3. The van der Waals surface area contributed by atoms with Gasteiger partial charge in [0.25, 0.3) is 0 Å². The van der Waals surface area contributed by atoms with Crippen molar-refractivity contribution in [1.29, 1.82) is 0 Å². The molecule has 0 aliphatic heterocycles. The molecule has 0 saturated heterocycles. The molecule has 1 nitrogen and oxygen atoms in total. The van der Waals surface area contributed by atoms with Gasteiger partial charge in [0.2, 0.25) is 0 Å². The normalized spacial score (nSPS) is 13.4. The van der Waals surface area contributed by atoms with Crippen LogP contribution < -0.4 is 5.32 Å². The number of benzene rings is 1. The summed E-state index contributed by atoms with van der Waals surface area (Å²) < 4.78 is 1.40. The van der Waals surface area contributed by atoms with Crippen molar-refractivity contribution in [2.24, 2.45) is 5.92 Å². The fourth-order valence-electron chi connectivity index (χ4n) is 2.33. The van der Waals surface area contributed by atoms with E-state index in [-0.39, 0.29) is 0 Å². The summed E-state index contributed by atoms with van der Waals surface area (Å²) in [5.74, 6) is 0.748. The average Bonchev–Trinajstić information content (AvgIpc) is 2.71. The van der Waals surface area contributed by atoms with E-state index in [4.69, 9.17) is 0 Å². The highest BCUT2D eigenvalue weighted by Crippen LogP contribution is 2.27. The highest BCUT2D eigenvalue weighted by molar-refractivity contribution is 7.17. The highest BCUT2D eigenvalue weighted by Gasteiger charge is 2.12. The van der Waals surface area contributed by atoms with Crippen molar-refractivity contribution in [3.63, 3.8) is 0 Å². The topological polar surface area (TPSA) is 12.0 Å². The number of nitrogens with one attached hydrogen (secondary N) is 1. The quantitative estimate of drug-likeness (QED) is 0.839. The van der Waals surface area contributed by atoms with Gasteiger partial charge in [-0.25, -0.2) is 0 Å². The van der Waals surface area contributed by atoms with E-state index in [2.05, 4.69) is 55.9 Å². The maximum Gasteiger partial charge on any atom is 0.0345 e. The van der Waals surface area contributed by atoms with E-state index >= 15 is 0 Å². The van der Waals surface area contributed by atoms with Crippen LogP contribution in [0.15, 0.2) is 29.6 Å². The van der Waals surface area contributed by atoms with Gasteiger partial charge in [0.15, 0.2) is 0 Å². The van der Waals surface area contributed by atoms with E-state index in [1.165, 1.54) is 22.1 Å². The van der Waals surface area contributed by atoms with Crippen LogP contribution in [-0.4, -0.2) is 13.1 Å². The molecule has 2 rings (SSSR count). The van der Waals surface area contributed by atoms with Crippen LogP contribution in [0.25, 0.3) is 10.1 Å². The Labute approximate surface area is 108 Å². The minimum Gasteiger partial charge on any atom is -0.317 e. The van der Waals surface area contributed by atoms with Gasteiger partial charge < -0.3 is 5.32 Å². The predicted octanol–water partition coefficient (Wildman–Crippen LogP) is 4.08. The van der Waals surface area contributed by atoms with E-state index in [1.54, 1.807) is 0 Å². The van der Waals surface area contributed by atoms with Crippen molar-refractivity contribution in [3.05, 3.63) is 35.2 Å². The molecule has 0 aliphatic rings. The first-order chi connectivity index (χ1) is 8.20. The zero-order chi connectivity index (χ0) is 12.3. The minimum atomic E-state index is 0.591. The van der Waals surface area contributed by atoms with Gasteiger partial charge >= 0.3 is 0 Å². The van der Waals surface area contributed by atoms with Crippen LogP contribution in [0.2, 0.25) is 0 Å². The summed E-state index contributed by atoms with van der Waals surface area (Å²) in [6, 6.07) is 9.29. The average molecular weight is 247 g/mol. The first-order valence-corrected chi connectivity index (χ1v) is 7.21. The summed E-state index contributed by atoms with van der Waals surface area (Å²) in [6.45, 7) is 4.58. The summed E-state index contributed by atoms with van der Waals surface area (Å²) in [4.78, 5) is 0. The van der Waals surface area contributed by atoms with Crippen LogP contribution in [0.4, 0.5) is 0 Å².